The van der Waals surface area contributed by atoms with E-state index in [1.54, 1.807) is 0 Å². The molecule has 0 unspecified atom stereocenters. The summed E-state index contributed by atoms with van der Waals surface area (Å²) in [6.07, 6.45) is 2.44. The summed E-state index contributed by atoms with van der Waals surface area (Å²) in [5, 5.41) is 0. The molecular formula is C17H36N2O. The van der Waals surface area contributed by atoms with Crippen molar-refractivity contribution in [3.63, 3.8) is 0 Å². The summed E-state index contributed by atoms with van der Waals surface area (Å²) < 4.78 is 5.77. The molecule has 1 rings (SSSR count). The van der Waals surface area contributed by atoms with Crippen LogP contribution in [-0.4, -0.2) is 62.3 Å². The molecule has 0 aromatic carbocycles. The van der Waals surface area contributed by atoms with Crippen LogP contribution in [0, 0.1) is 11.3 Å². The van der Waals surface area contributed by atoms with Crippen LogP contribution < -0.4 is 0 Å². The average Bonchev–Trinajstić information content (AvgIpc) is 2.33. The summed E-state index contributed by atoms with van der Waals surface area (Å²) in [6.45, 7) is 20.5. The topological polar surface area (TPSA) is 15.7 Å². The highest BCUT2D eigenvalue weighted by atomic mass is 16.5. The first-order valence-corrected chi connectivity index (χ1v) is 8.39. The molecule has 0 radical (unpaired) electrons. The maximum Gasteiger partial charge on any atom is 0.0593 e. The van der Waals surface area contributed by atoms with Gasteiger partial charge in [-0.15, -0.1) is 0 Å². The Bertz CT molecular complexity index is 240. The van der Waals surface area contributed by atoms with Crippen LogP contribution in [0.4, 0.5) is 0 Å². The third-order valence-corrected chi connectivity index (χ3v) is 3.86. The summed E-state index contributed by atoms with van der Waals surface area (Å²) in [5.41, 5.74) is 0.441. The minimum absolute atomic E-state index is 0.441. The van der Waals surface area contributed by atoms with Crippen molar-refractivity contribution in [2.45, 2.75) is 47.5 Å². The number of piperazine rings is 1. The van der Waals surface area contributed by atoms with E-state index in [0.717, 1.165) is 25.7 Å². The maximum atomic E-state index is 5.77. The van der Waals surface area contributed by atoms with Gasteiger partial charge in [0.15, 0.2) is 0 Å². The highest BCUT2D eigenvalue weighted by Gasteiger charge is 2.16. The zero-order valence-electron chi connectivity index (χ0n) is 14.5. The Kier molecular flexibility index (Phi) is 8.08. The molecule has 120 valence electrons. The second kappa shape index (κ2) is 9.01. The Morgan fingerprint density at radius 3 is 2.10 bits per heavy atom. The fourth-order valence-electron chi connectivity index (χ4n) is 2.71. The van der Waals surface area contributed by atoms with Crippen molar-refractivity contribution in [1.29, 1.82) is 0 Å². The van der Waals surface area contributed by atoms with E-state index in [-0.39, 0.29) is 0 Å². The molecule has 0 bridgehead atoms. The summed E-state index contributed by atoms with van der Waals surface area (Å²) in [5.74, 6) is 0.785. The third kappa shape index (κ3) is 8.93. The Morgan fingerprint density at radius 1 is 0.950 bits per heavy atom. The summed E-state index contributed by atoms with van der Waals surface area (Å²) in [4.78, 5) is 5.13. The normalized spacial score (nSPS) is 18.9. The predicted octanol–water partition coefficient (Wildman–Crippen LogP) is 3.10. The van der Waals surface area contributed by atoms with Gasteiger partial charge in [0, 0.05) is 45.9 Å². The summed E-state index contributed by atoms with van der Waals surface area (Å²) in [6, 6.07) is 0. The third-order valence-electron chi connectivity index (χ3n) is 3.86. The lowest BCUT2D eigenvalue weighted by Crippen LogP contribution is -2.48. The fraction of sp³-hybridized carbons (Fsp3) is 1.00. The van der Waals surface area contributed by atoms with E-state index in [0.29, 0.717) is 5.41 Å². The molecule has 0 amide bonds. The minimum atomic E-state index is 0.441. The van der Waals surface area contributed by atoms with Gasteiger partial charge in [-0.3, -0.25) is 4.90 Å². The number of ether oxygens (including phenoxy) is 1. The number of nitrogens with zero attached hydrogens (tertiary/aromatic N) is 2. The lowest BCUT2D eigenvalue weighted by molar-refractivity contribution is 0.0685. The lowest BCUT2D eigenvalue weighted by atomic mass is 9.91. The van der Waals surface area contributed by atoms with E-state index in [2.05, 4.69) is 44.4 Å². The van der Waals surface area contributed by atoms with Crippen LogP contribution in [0.1, 0.15) is 47.5 Å². The van der Waals surface area contributed by atoms with Crippen molar-refractivity contribution in [1.82, 2.24) is 9.80 Å². The van der Waals surface area contributed by atoms with Gasteiger partial charge in [0.2, 0.25) is 0 Å². The smallest absolute Gasteiger partial charge is 0.0593 e. The maximum absolute atomic E-state index is 5.77. The van der Waals surface area contributed by atoms with Crippen LogP contribution in [0.3, 0.4) is 0 Å². The van der Waals surface area contributed by atoms with Crippen molar-refractivity contribution in [2.75, 3.05) is 52.5 Å². The minimum Gasteiger partial charge on any atom is -0.380 e. The Hall–Kier alpha value is -0.120. The molecule has 0 saturated carbocycles. The van der Waals surface area contributed by atoms with Crippen molar-refractivity contribution in [3.8, 4) is 0 Å². The quantitative estimate of drug-likeness (QED) is 0.637. The van der Waals surface area contributed by atoms with Crippen LogP contribution in [0.2, 0.25) is 0 Å². The van der Waals surface area contributed by atoms with Gasteiger partial charge in [0.1, 0.15) is 0 Å². The van der Waals surface area contributed by atoms with Crippen LogP contribution >= 0.6 is 0 Å². The van der Waals surface area contributed by atoms with Crippen LogP contribution in [0.15, 0.2) is 0 Å². The van der Waals surface area contributed by atoms with Gasteiger partial charge >= 0.3 is 0 Å². The molecule has 1 heterocycles. The van der Waals surface area contributed by atoms with Gasteiger partial charge in [0.05, 0.1) is 6.61 Å². The molecule has 0 atom stereocenters. The van der Waals surface area contributed by atoms with Gasteiger partial charge < -0.3 is 9.64 Å². The Labute approximate surface area is 126 Å². The van der Waals surface area contributed by atoms with Crippen molar-refractivity contribution in [3.05, 3.63) is 0 Å². The standard InChI is InChI=1S/C17H36N2O/c1-16(2)15-19-10-8-18(9-11-19)12-14-20-13-6-7-17(3,4)5/h16H,6-15H2,1-5H3. The molecule has 1 aliphatic rings. The van der Waals surface area contributed by atoms with Crippen molar-refractivity contribution >= 4 is 0 Å². The van der Waals surface area contributed by atoms with Gasteiger partial charge in [-0.25, -0.2) is 0 Å². The first-order chi connectivity index (χ1) is 9.37. The molecule has 0 aliphatic carbocycles. The van der Waals surface area contributed by atoms with Crippen LogP contribution in [0.5, 0.6) is 0 Å². The Morgan fingerprint density at radius 2 is 1.55 bits per heavy atom. The molecule has 3 nitrogen and oxygen atoms in total. The average molecular weight is 284 g/mol. The van der Waals surface area contributed by atoms with Crippen LogP contribution in [0.25, 0.3) is 0 Å². The van der Waals surface area contributed by atoms with E-state index >= 15 is 0 Å². The van der Waals surface area contributed by atoms with E-state index in [4.69, 9.17) is 4.74 Å². The molecule has 1 aliphatic heterocycles. The largest absolute Gasteiger partial charge is 0.380 e. The number of hydrogen-bond donors (Lipinski definition) is 0. The highest BCUT2D eigenvalue weighted by molar-refractivity contribution is 4.72. The molecule has 0 aromatic heterocycles. The SMILES string of the molecule is CC(C)CN1CCN(CCOCCCC(C)(C)C)CC1. The summed E-state index contributed by atoms with van der Waals surface area (Å²) in [7, 11) is 0. The molecular weight excluding hydrogens is 248 g/mol. The number of rotatable bonds is 8. The lowest BCUT2D eigenvalue weighted by Gasteiger charge is -2.35. The monoisotopic (exact) mass is 284 g/mol. The van der Waals surface area contributed by atoms with E-state index in [1.807, 2.05) is 0 Å². The zero-order valence-corrected chi connectivity index (χ0v) is 14.5. The molecule has 20 heavy (non-hydrogen) atoms. The first-order valence-electron chi connectivity index (χ1n) is 8.39. The van der Waals surface area contributed by atoms with Crippen LogP contribution in [-0.2, 0) is 4.74 Å². The molecule has 1 fully saturated rings. The predicted molar refractivity (Wildman–Crippen MR) is 87.2 cm³/mol. The zero-order chi connectivity index (χ0) is 15.0. The Balaban J connectivity index is 1.96. The summed E-state index contributed by atoms with van der Waals surface area (Å²) >= 11 is 0. The molecule has 0 spiro atoms. The first kappa shape index (κ1) is 17.9. The van der Waals surface area contributed by atoms with Crippen molar-refractivity contribution < 1.29 is 4.74 Å². The second-order valence-electron chi connectivity index (χ2n) is 7.81. The second-order valence-corrected chi connectivity index (χ2v) is 7.81. The molecule has 0 N–H and O–H groups in total. The van der Waals surface area contributed by atoms with Gasteiger partial charge in [-0.2, -0.15) is 0 Å². The van der Waals surface area contributed by atoms with Gasteiger partial charge in [-0.05, 0) is 24.2 Å². The van der Waals surface area contributed by atoms with Gasteiger partial charge in [0.25, 0.3) is 0 Å². The van der Waals surface area contributed by atoms with E-state index < -0.39 is 0 Å². The molecule has 0 aromatic rings. The molecule has 1 saturated heterocycles. The van der Waals surface area contributed by atoms with E-state index in [9.17, 15) is 0 Å². The fourth-order valence-corrected chi connectivity index (χ4v) is 2.71. The number of hydrogen-bond acceptors (Lipinski definition) is 3. The molecule has 3 heteroatoms. The van der Waals surface area contributed by atoms with Crippen molar-refractivity contribution in [2.24, 2.45) is 11.3 Å². The van der Waals surface area contributed by atoms with Gasteiger partial charge in [-0.1, -0.05) is 34.6 Å². The van der Waals surface area contributed by atoms with E-state index in [1.165, 1.54) is 45.6 Å². The highest BCUT2D eigenvalue weighted by Crippen LogP contribution is 2.20.